The highest BCUT2D eigenvalue weighted by atomic mass is 32.1. The fraction of sp³-hybridized carbons (Fsp3) is 0.778. The van der Waals surface area contributed by atoms with E-state index >= 15 is 0 Å². The van der Waals surface area contributed by atoms with Gasteiger partial charge in [-0.15, -0.1) is 0 Å². The van der Waals surface area contributed by atoms with Crippen molar-refractivity contribution in [2.45, 2.75) is 26.0 Å². The van der Waals surface area contributed by atoms with Crippen LogP contribution in [0.4, 0.5) is 5.13 Å². The lowest BCUT2D eigenvalue weighted by Gasteiger charge is -2.17. The summed E-state index contributed by atoms with van der Waals surface area (Å²) in [4.78, 5) is 4.25. The van der Waals surface area contributed by atoms with E-state index in [1.165, 1.54) is 11.5 Å². The third kappa shape index (κ3) is 2.64. The standard InChI is InChI=1S/C9H15N3O2S/c1-3-14-8-5-13-4-7(8)11-9-10-6(2)12-15-9/h7-8H,3-5H2,1-2H3,(H,10,11,12)/t7-,8-/m1/s1. The van der Waals surface area contributed by atoms with Crippen LogP contribution in [-0.4, -0.2) is 41.3 Å². The normalized spacial score (nSPS) is 25.7. The minimum atomic E-state index is 0.124. The lowest BCUT2D eigenvalue weighted by atomic mass is 10.2. The van der Waals surface area contributed by atoms with Gasteiger partial charge in [0.25, 0.3) is 0 Å². The molecule has 0 amide bonds. The summed E-state index contributed by atoms with van der Waals surface area (Å²) in [6.07, 6.45) is 0.124. The molecule has 0 spiro atoms. The maximum atomic E-state index is 5.56. The Morgan fingerprint density at radius 2 is 2.47 bits per heavy atom. The smallest absolute Gasteiger partial charge is 0.202 e. The van der Waals surface area contributed by atoms with Crippen molar-refractivity contribution in [1.82, 2.24) is 9.36 Å². The first kappa shape index (κ1) is 10.8. The Kier molecular flexibility index (Phi) is 3.50. The van der Waals surface area contributed by atoms with Crippen LogP contribution in [-0.2, 0) is 9.47 Å². The lowest BCUT2D eigenvalue weighted by Crippen LogP contribution is -2.34. The van der Waals surface area contributed by atoms with Gasteiger partial charge in [0.05, 0.1) is 19.3 Å². The highest BCUT2D eigenvalue weighted by Gasteiger charge is 2.29. The Labute approximate surface area is 93.0 Å². The Bertz CT molecular complexity index is 318. The van der Waals surface area contributed by atoms with Gasteiger partial charge in [-0.3, -0.25) is 0 Å². The van der Waals surface area contributed by atoms with Crippen molar-refractivity contribution in [2.24, 2.45) is 0 Å². The van der Waals surface area contributed by atoms with Crippen LogP contribution in [0.1, 0.15) is 12.7 Å². The first-order chi connectivity index (χ1) is 7.29. The van der Waals surface area contributed by atoms with Crippen molar-refractivity contribution in [3.05, 3.63) is 5.82 Å². The van der Waals surface area contributed by atoms with Gasteiger partial charge in [-0.25, -0.2) is 4.98 Å². The van der Waals surface area contributed by atoms with Crippen molar-refractivity contribution in [3.63, 3.8) is 0 Å². The summed E-state index contributed by atoms with van der Waals surface area (Å²) in [5.41, 5.74) is 0. The fourth-order valence-electron chi connectivity index (χ4n) is 1.56. The molecule has 0 unspecified atom stereocenters. The van der Waals surface area contributed by atoms with Gasteiger partial charge in [0, 0.05) is 18.1 Å². The van der Waals surface area contributed by atoms with Gasteiger partial charge in [0.2, 0.25) is 5.13 Å². The molecule has 1 aromatic heterocycles. The molecule has 2 rings (SSSR count). The molecule has 0 bridgehead atoms. The summed E-state index contributed by atoms with van der Waals surface area (Å²) in [6.45, 7) is 5.91. The molecular weight excluding hydrogens is 214 g/mol. The van der Waals surface area contributed by atoms with Crippen molar-refractivity contribution in [1.29, 1.82) is 0 Å². The quantitative estimate of drug-likeness (QED) is 0.836. The molecule has 5 nitrogen and oxygen atoms in total. The molecule has 1 saturated heterocycles. The molecule has 0 radical (unpaired) electrons. The van der Waals surface area contributed by atoms with Gasteiger partial charge < -0.3 is 14.8 Å². The van der Waals surface area contributed by atoms with Crippen LogP contribution in [0.2, 0.25) is 0 Å². The van der Waals surface area contributed by atoms with Crippen LogP contribution in [0.3, 0.4) is 0 Å². The van der Waals surface area contributed by atoms with E-state index in [9.17, 15) is 0 Å². The van der Waals surface area contributed by atoms with E-state index in [1.54, 1.807) is 0 Å². The number of hydrogen-bond acceptors (Lipinski definition) is 6. The van der Waals surface area contributed by atoms with E-state index in [2.05, 4.69) is 14.7 Å². The number of aryl methyl sites for hydroxylation is 1. The number of hydrogen-bond donors (Lipinski definition) is 1. The van der Waals surface area contributed by atoms with Gasteiger partial charge in [-0.2, -0.15) is 4.37 Å². The van der Waals surface area contributed by atoms with Gasteiger partial charge >= 0.3 is 0 Å². The van der Waals surface area contributed by atoms with E-state index in [1.807, 2.05) is 13.8 Å². The van der Waals surface area contributed by atoms with Crippen LogP contribution >= 0.6 is 11.5 Å². The third-order valence-electron chi connectivity index (χ3n) is 2.25. The first-order valence-electron chi connectivity index (χ1n) is 5.05. The molecule has 0 saturated carbocycles. The molecule has 1 N–H and O–H groups in total. The average Bonchev–Trinajstić information content (AvgIpc) is 2.78. The molecule has 6 heteroatoms. The van der Waals surface area contributed by atoms with Gasteiger partial charge in [0.15, 0.2) is 0 Å². The summed E-state index contributed by atoms with van der Waals surface area (Å²) in [5, 5.41) is 4.13. The number of rotatable bonds is 4. The number of anilines is 1. The second-order valence-electron chi connectivity index (χ2n) is 3.43. The second kappa shape index (κ2) is 4.87. The predicted octanol–water partition coefficient (Wildman–Crippen LogP) is 1.06. The number of ether oxygens (including phenoxy) is 2. The molecule has 1 aromatic rings. The highest BCUT2D eigenvalue weighted by molar-refractivity contribution is 7.09. The molecule has 15 heavy (non-hydrogen) atoms. The van der Waals surface area contributed by atoms with Crippen molar-refractivity contribution < 1.29 is 9.47 Å². The summed E-state index contributed by atoms with van der Waals surface area (Å²) in [7, 11) is 0. The lowest BCUT2D eigenvalue weighted by molar-refractivity contribution is 0.0478. The van der Waals surface area contributed by atoms with Gasteiger partial charge in [0.1, 0.15) is 11.9 Å². The van der Waals surface area contributed by atoms with Crippen LogP contribution < -0.4 is 5.32 Å². The van der Waals surface area contributed by atoms with Gasteiger partial charge in [-0.1, -0.05) is 0 Å². The molecule has 1 fully saturated rings. The molecule has 2 atom stereocenters. The zero-order chi connectivity index (χ0) is 10.7. The molecular formula is C9H15N3O2S. The maximum absolute atomic E-state index is 5.56. The second-order valence-corrected chi connectivity index (χ2v) is 4.18. The summed E-state index contributed by atoms with van der Waals surface area (Å²) in [6, 6.07) is 0.192. The SMILES string of the molecule is CCO[C@@H]1COC[C@H]1Nc1nc(C)ns1. The van der Waals surface area contributed by atoms with E-state index in [-0.39, 0.29) is 12.1 Å². The van der Waals surface area contributed by atoms with Crippen LogP contribution in [0.15, 0.2) is 0 Å². The average molecular weight is 229 g/mol. The highest BCUT2D eigenvalue weighted by Crippen LogP contribution is 2.17. The number of aromatic nitrogens is 2. The molecule has 0 aromatic carbocycles. The zero-order valence-electron chi connectivity index (χ0n) is 8.90. The maximum Gasteiger partial charge on any atom is 0.202 e. The Morgan fingerprint density at radius 1 is 1.60 bits per heavy atom. The Balaban J connectivity index is 1.93. The molecule has 0 aliphatic carbocycles. The van der Waals surface area contributed by atoms with E-state index in [4.69, 9.17) is 9.47 Å². The monoisotopic (exact) mass is 229 g/mol. The van der Waals surface area contributed by atoms with Gasteiger partial charge in [-0.05, 0) is 13.8 Å². The zero-order valence-corrected chi connectivity index (χ0v) is 9.71. The number of nitrogens with zero attached hydrogens (tertiary/aromatic N) is 2. The third-order valence-corrected chi connectivity index (χ3v) is 2.98. The fourth-order valence-corrected chi connectivity index (χ4v) is 2.20. The molecule has 2 heterocycles. The van der Waals surface area contributed by atoms with Crippen molar-refractivity contribution >= 4 is 16.7 Å². The summed E-state index contributed by atoms with van der Waals surface area (Å²) in [5.74, 6) is 0.800. The Morgan fingerprint density at radius 3 is 3.13 bits per heavy atom. The van der Waals surface area contributed by atoms with Crippen LogP contribution in [0, 0.1) is 6.92 Å². The predicted molar refractivity (Wildman–Crippen MR) is 58.3 cm³/mol. The molecule has 1 aliphatic heterocycles. The largest absolute Gasteiger partial charge is 0.376 e. The molecule has 84 valence electrons. The minimum absolute atomic E-state index is 0.124. The van der Waals surface area contributed by atoms with E-state index in [0.29, 0.717) is 19.8 Å². The topological polar surface area (TPSA) is 56.3 Å². The van der Waals surface area contributed by atoms with Crippen LogP contribution in [0.5, 0.6) is 0 Å². The summed E-state index contributed by atoms with van der Waals surface area (Å²) < 4.78 is 15.0. The van der Waals surface area contributed by atoms with E-state index < -0.39 is 0 Å². The molecule has 1 aliphatic rings. The summed E-state index contributed by atoms with van der Waals surface area (Å²) >= 11 is 1.37. The van der Waals surface area contributed by atoms with Crippen molar-refractivity contribution in [3.8, 4) is 0 Å². The van der Waals surface area contributed by atoms with E-state index in [0.717, 1.165) is 11.0 Å². The number of nitrogens with one attached hydrogen (secondary N) is 1. The van der Waals surface area contributed by atoms with Crippen LogP contribution in [0.25, 0.3) is 0 Å². The first-order valence-corrected chi connectivity index (χ1v) is 5.83. The minimum Gasteiger partial charge on any atom is -0.376 e. The Hall–Kier alpha value is -0.720. The van der Waals surface area contributed by atoms with Crippen molar-refractivity contribution in [2.75, 3.05) is 25.1 Å².